The molecular formula is C29H34F2N4O4. The van der Waals surface area contributed by atoms with Crippen LogP contribution in [-0.2, 0) is 16.6 Å². The third kappa shape index (κ3) is 7.28. The maximum absolute atomic E-state index is 15.2. The SMILES string of the molecule is Cc1cc(C)c(-c2cc(F)c(F)c([C@H](CC(=O)O)NC(=O)[C@H](CC(C)C)NC(=O)c3cn(C)cn3)c2)c(C)c1. The number of imidazole rings is 1. The predicted octanol–water partition coefficient (Wildman–Crippen LogP) is 4.77. The Morgan fingerprint density at radius 1 is 1.03 bits per heavy atom. The predicted molar refractivity (Wildman–Crippen MR) is 143 cm³/mol. The number of carbonyl (C=O) groups excluding carboxylic acids is 2. The molecule has 39 heavy (non-hydrogen) atoms. The molecule has 3 N–H and O–H groups in total. The average Bonchev–Trinajstić information content (AvgIpc) is 3.25. The van der Waals surface area contributed by atoms with Crippen molar-refractivity contribution in [3.63, 3.8) is 0 Å². The van der Waals surface area contributed by atoms with E-state index < -0.39 is 47.9 Å². The van der Waals surface area contributed by atoms with Crippen molar-refractivity contribution in [2.45, 2.75) is 59.5 Å². The molecule has 0 aliphatic heterocycles. The summed E-state index contributed by atoms with van der Waals surface area (Å²) in [5.41, 5.74) is 3.57. The zero-order valence-corrected chi connectivity index (χ0v) is 22.9. The number of hydrogen-bond donors (Lipinski definition) is 3. The monoisotopic (exact) mass is 540 g/mol. The van der Waals surface area contributed by atoms with Crippen molar-refractivity contribution in [2.75, 3.05) is 0 Å². The van der Waals surface area contributed by atoms with Crippen LogP contribution >= 0.6 is 0 Å². The summed E-state index contributed by atoms with van der Waals surface area (Å²) in [6, 6.07) is 3.82. The number of nitrogens with zero attached hydrogens (tertiary/aromatic N) is 2. The molecule has 10 heteroatoms. The maximum Gasteiger partial charge on any atom is 0.305 e. The fraction of sp³-hybridized carbons (Fsp3) is 0.379. The Kier molecular flexibility index (Phi) is 9.21. The smallest absolute Gasteiger partial charge is 0.305 e. The first-order valence-corrected chi connectivity index (χ1v) is 12.6. The lowest BCUT2D eigenvalue weighted by molar-refractivity contribution is -0.137. The van der Waals surface area contributed by atoms with Gasteiger partial charge in [-0.3, -0.25) is 14.4 Å². The second-order valence-electron chi connectivity index (χ2n) is 10.4. The lowest BCUT2D eigenvalue weighted by Crippen LogP contribution is -2.48. The van der Waals surface area contributed by atoms with Crippen LogP contribution in [0.1, 0.15) is 65.5 Å². The normalized spacial score (nSPS) is 12.7. The van der Waals surface area contributed by atoms with Crippen molar-refractivity contribution in [1.82, 2.24) is 20.2 Å². The first-order valence-electron chi connectivity index (χ1n) is 12.6. The van der Waals surface area contributed by atoms with Gasteiger partial charge >= 0.3 is 5.97 Å². The van der Waals surface area contributed by atoms with Crippen LogP contribution in [0.25, 0.3) is 11.1 Å². The molecule has 2 aromatic carbocycles. The molecule has 0 saturated carbocycles. The van der Waals surface area contributed by atoms with Gasteiger partial charge in [-0.15, -0.1) is 0 Å². The number of aliphatic carboxylic acids is 1. The quantitative estimate of drug-likeness (QED) is 0.343. The molecule has 1 aromatic heterocycles. The van der Waals surface area contributed by atoms with E-state index in [1.54, 1.807) is 11.6 Å². The number of benzene rings is 2. The fourth-order valence-electron chi connectivity index (χ4n) is 4.79. The lowest BCUT2D eigenvalue weighted by Gasteiger charge is -2.25. The van der Waals surface area contributed by atoms with Crippen molar-refractivity contribution in [3.05, 3.63) is 76.4 Å². The molecule has 208 valence electrons. The molecule has 0 radical (unpaired) electrons. The summed E-state index contributed by atoms with van der Waals surface area (Å²) < 4.78 is 31.6. The highest BCUT2D eigenvalue weighted by Gasteiger charge is 2.29. The van der Waals surface area contributed by atoms with Crippen LogP contribution < -0.4 is 10.6 Å². The van der Waals surface area contributed by atoms with Crippen molar-refractivity contribution in [3.8, 4) is 11.1 Å². The van der Waals surface area contributed by atoms with Gasteiger partial charge in [0.25, 0.3) is 5.91 Å². The first kappa shape index (κ1) is 29.5. The van der Waals surface area contributed by atoms with Crippen LogP contribution in [0.5, 0.6) is 0 Å². The number of carbonyl (C=O) groups is 3. The number of nitrogens with one attached hydrogen (secondary N) is 2. The van der Waals surface area contributed by atoms with E-state index in [9.17, 15) is 23.9 Å². The van der Waals surface area contributed by atoms with Gasteiger partial charge in [-0.2, -0.15) is 0 Å². The van der Waals surface area contributed by atoms with Gasteiger partial charge in [0.1, 0.15) is 11.7 Å². The van der Waals surface area contributed by atoms with Gasteiger partial charge < -0.3 is 20.3 Å². The molecule has 1 heterocycles. The number of rotatable bonds is 10. The van der Waals surface area contributed by atoms with Gasteiger partial charge in [-0.05, 0) is 67.5 Å². The minimum atomic E-state index is -1.39. The van der Waals surface area contributed by atoms with Gasteiger partial charge in [0.2, 0.25) is 5.91 Å². The molecule has 0 aliphatic rings. The Morgan fingerprint density at radius 2 is 1.67 bits per heavy atom. The van der Waals surface area contributed by atoms with Crippen LogP contribution in [-0.4, -0.2) is 38.5 Å². The van der Waals surface area contributed by atoms with Gasteiger partial charge in [-0.1, -0.05) is 31.5 Å². The number of hydrogen-bond acceptors (Lipinski definition) is 4. The Bertz CT molecular complexity index is 1380. The van der Waals surface area contributed by atoms with E-state index >= 15 is 4.39 Å². The summed E-state index contributed by atoms with van der Waals surface area (Å²) in [4.78, 5) is 41.8. The van der Waals surface area contributed by atoms with Gasteiger partial charge in [0, 0.05) is 18.8 Å². The highest BCUT2D eigenvalue weighted by Crippen LogP contribution is 2.33. The van der Waals surface area contributed by atoms with Crippen molar-refractivity contribution in [1.29, 1.82) is 0 Å². The summed E-state index contributed by atoms with van der Waals surface area (Å²) in [5, 5.41) is 14.7. The van der Waals surface area contributed by atoms with Crippen LogP contribution in [0, 0.1) is 38.3 Å². The van der Waals surface area contributed by atoms with Gasteiger partial charge in [0.05, 0.1) is 18.8 Å². The fourth-order valence-corrected chi connectivity index (χ4v) is 4.79. The molecule has 3 aromatic rings. The topological polar surface area (TPSA) is 113 Å². The minimum absolute atomic E-state index is 0.0206. The lowest BCUT2D eigenvalue weighted by atomic mass is 9.90. The van der Waals surface area contributed by atoms with E-state index in [1.165, 1.54) is 18.6 Å². The Hall–Kier alpha value is -4.08. The van der Waals surface area contributed by atoms with E-state index in [1.807, 2.05) is 46.8 Å². The third-order valence-corrected chi connectivity index (χ3v) is 6.36. The molecule has 2 amide bonds. The van der Waals surface area contributed by atoms with E-state index in [0.717, 1.165) is 22.8 Å². The number of halogens is 2. The average molecular weight is 541 g/mol. The zero-order chi connectivity index (χ0) is 29.0. The molecule has 8 nitrogen and oxygen atoms in total. The molecule has 2 atom stereocenters. The molecular weight excluding hydrogens is 506 g/mol. The molecule has 0 spiro atoms. The van der Waals surface area contributed by atoms with E-state index in [-0.39, 0.29) is 23.6 Å². The number of carboxylic acid groups (broad SMARTS) is 1. The first-order chi connectivity index (χ1) is 18.3. The summed E-state index contributed by atoms with van der Waals surface area (Å²) in [5.74, 6) is -5.04. The maximum atomic E-state index is 15.2. The van der Waals surface area contributed by atoms with Crippen LogP contribution in [0.4, 0.5) is 8.78 Å². The Labute approximate surface area is 226 Å². The van der Waals surface area contributed by atoms with Crippen molar-refractivity contribution < 1.29 is 28.3 Å². The van der Waals surface area contributed by atoms with Crippen LogP contribution in [0.2, 0.25) is 0 Å². The summed E-state index contributed by atoms with van der Waals surface area (Å²) >= 11 is 0. The molecule has 0 fully saturated rings. The minimum Gasteiger partial charge on any atom is -0.481 e. The largest absolute Gasteiger partial charge is 0.481 e. The van der Waals surface area contributed by atoms with Crippen molar-refractivity contribution in [2.24, 2.45) is 13.0 Å². The molecule has 3 rings (SSSR count). The number of aromatic nitrogens is 2. The molecule has 0 bridgehead atoms. The third-order valence-electron chi connectivity index (χ3n) is 6.36. The highest BCUT2D eigenvalue weighted by molar-refractivity contribution is 5.96. The standard InChI is InChI=1S/C29H34F2N4O4/c1-15(2)7-23(34-29(39)24-13-35(6)14-32-24)28(38)33-22(12-25(36)37)20-10-19(11-21(30)27(20)31)26-17(4)8-16(3)9-18(26)5/h8-11,13-15,22-23H,7,12H2,1-6H3,(H,33,38)(H,34,39)(H,36,37)/t22-,23-/m0/s1. The number of carboxylic acids is 1. The van der Waals surface area contributed by atoms with Gasteiger partial charge in [-0.25, -0.2) is 13.8 Å². The number of aryl methyl sites for hydroxylation is 4. The second kappa shape index (κ2) is 12.2. The number of amides is 2. The van der Waals surface area contributed by atoms with E-state index in [0.29, 0.717) is 11.1 Å². The molecule has 0 saturated heterocycles. The highest BCUT2D eigenvalue weighted by atomic mass is 19.2. The molecule has 0 unspecified atom stereocenters. The summed E-state index contributed by atoms with van der Waals surface area (Å²) in [6.07, 6.45) is 2.46. The van der Waals surface area contributed by atoms with Gasteiger partial charge in [0.15, 0.2) is 11.6 Å². The summed E-state index contributed by atoms with van der Waals surface area (Å²) in [6.45, 7) is 9.35. The van der Waals surface area contributed by atoms with E-state index in [4.69, 9.17) is 0 Å². The second-order valence-corrected chi connectivity index (χ2v) is 10.4. The van der Waals surface area contributed by atoms with E-state index in [2.05, 4.69) is 15.6 Å². The molecule has 0 aliphatic carbocycles. The van der Waals surface area contributed by atoms with Crippen LogP contribution in [0.3, 0.4) is 0 Å². The van der Waals surface area contributed by atoms with Crippen molar-refractivity contribution >= 4 is 17.8 Å². The van der Waals surface area contributed by atoms with Crippen LogP contribution in [0.15, 0.2) is 36.8 Å². The zero-order valence-electron chi connectivity index (χ0n) is 22.9. The summed E-state index contributed by atoms with van der Waals surface area (Å²) in [7, 11) is 1.69. The Balaban J connectivity index is 1.99. The Morgan fingerprint density at radius 3 is 2.21 bits per heavy atom.